The van der Waals surface area contributed by atoms with Gasteiger partial charge in [-0.1, -0.05) is 0 Å². The van der Waals surface area contributed by atoms with E-state index < -0.39 is 14.6 Å². The van der Waals surface area contributed by atoms with Gasteiger partial charge in [-0.3, -0.25) is 0 Å². The Morgan fingerprint density at radius 1 is 1.33 bits per heavy atom. The normalized spacial score (nSPS) is 20.4. The van der Waals surface area contributed by atoms with Gasteiger partial charge in [-0.15, -0.1) is 0 Å². The van der Waals surface area contributed by atoms with E-state index in [0.717, 1.165) is 24.2 Å². The maximum atomic E-state index is 12.4. The van der Waals surface area contributed by atoms with Crippen LogP contribution in [0.2, 0.25) is 0 Å². The third-order valence-corrected chi connectivity index (χ3v) is 6.02. The van der Waals surface area contributed by atoms with Crippen LogP contribution in [-0.4, -0.2) is 19.8 Å². The lowest BCUT2D eigenvalue weighted by molar-refractivity contribution is 0.288. The molecule has 1 saturated carbocycles. The molecule has 0 spiro atoms. The van der Waals surface area contributed by atoms with Crippen LogP contribution in [-0.2, 0) is 16.3 Å². The Kier molecular flexibility index (Phi) is 2.39. The Bertz CT molecular complexity index is 639. The van der Waals surface area contributed by atoms with Crippen molar-refractivity contribution >= 4 is 9.84 Å². The van der Waals surface area contributed by atoms with Crippen LogP contribution in [0.3, 0.4) is 0 Å². The molecule has 0 saturated heterocycles. The number of aryl methyl sites for hydroxylation is 1. The first kappa shape index (κ1) is 11.5. The van der Waals surface area contributed by atoms with Gasteiger partial charge in [0.15, 0.2) is 14.6 Å². The molecule has 0 radical (unpaired) electrons. The van der Waals surface area contributed by atoms with E-state index in [1.807, 2.05) is 6.07 Å². The number of hydrogen-bond donors (Lipinski definition) is 0. The third kappa shape index (κ3) is 1.52. The topological polar surface area (TPSA) is 67.2 Å². The second-order valence-electron chi connectivity index (χ2n) is 4.83. The number of rotatable bonds is 2. The molecule has 1 aromatic carbocycles. The molecule has 0 unspecified atom stereocenters. The average molecular weight is 263 g/mol. The zero-order valence-corrected chi connectivity index (χ0v) is 10.7. The first-order valence-corrected chi connectivity index (χ1v) is 7.49. The fourth-order valence-corrected chi connectivity index (χ4v) is 4.04. The molecule has 1 aliphatic heterocycles. The number of benzene rings is 1. The predicted molar refractivity (Wildman–Crippen MR) is 65.0 cm³/mol. The van der Waals surface area contributed by atoms with E-state index in [0.29, 0.717) is 19.4 Å². The van der Waals surface area contributed by atoms with E-state index in [1.165, 1.54) is 0 Å². The standard InChI is InChI=1S/C13H13NO3S/c14-9-13(5-6-13)18(15,16)11-3-4-12-10(8-11)2-1-7-17-12/h3-4,8H,1-2,5-7H2. The molecule has 5 heteroatoms. The van der Waals surface area contributed by atoms with Crippen LogP contribution in [0.5, 0.6) is 5.75 Å². The lowest BCUT2D eigenvalue weighted by Crippen LogP contribution is -2.21. The highest BCUT2D eigenvalue weighted by molar-refractivity contribution is 7.93. The van der Waals surface area contributed by atoms with E-state index in [2.05, 4.69) is 0 Å². The number of hydrogen-bond acceptors (Lipinski definition) is 4. The average Bonchev–Trinajstić information content (AvgIpc) is 3.19. The van der Waals surface area contributed by atoms with Gasteiger partial charge in [0.1, 0.15) is 5.75 Å². The van der Waals surface area contributed by atoms with Gasteiger partial charge >= 0.3 is 0 Å². The van der Waals surface area contributed by atoms with Crippen molar-refractivity contribution in [3.63, 3.8) is 0 Å². The first-order chi connectivity index (χ1) is 8.59. The third-order valence-electron chi connectivity index (χ3n) is 3.61. The molecule has 2 aliphatic rings. The molecule has 0 bridgehead atoms. The van der Waals surface area contributed by atoms with Crippen molar-refractivity contribution in [3.05, 3.63) is 23.8 Å². The van der Waals surface area contributed by atoms with Crippen LogP contribution in [0, 0.1) is 11.3 Å². The van der Waals surface area contributed by atoms with Crippen LogP contribution in [0.15, 0.2) is 23.1 Å². The van der Waals surface area contributed by atoms with Crippen molar-refractivity contribution in [1.29, 1.82) is 5.26 Å². The summed E-state index contributed by atoms with van der Waals surface area (Å²) in [6, 6.07) is 6.88. The van der Waals surface area contributed by atoms with E-state index in [1.54, 1.807) is 18.2 Å². The van der Waals surface area contributed by atoms with Crippen molar-refractivity contribution in [1.82, 2.24) is 0 Å². The van der Waals surface area contributed by atoms with Gasteiger partial charge in [0.25, 0.3) is 0 Å². The maximum absolute atomic E-state index is 12.4. The van der Waals surface area contributed by atoms with Crippen LogP contribution in [0.4, 0.5) is 0 Å². The molecule has 0 N–H and O–H groups in total. The maximum Gasteiger partial charge on any atom is 0.197 e. The second-order valence-corrected chi connectivity index (χ2v) is 7.09. The molecule has 0 amide bonds. The first-order valence-electron chi connectivity index (χ1n) is 6.01. The van der Waals surface area contributed by atoms with Crippen LogP contribution < -0.4 is 4.74 Å². The SMILES string of the molecule is N#CC1(S(=O)(=O)c2ccc3c(c2)CCCO3)CC1. The fraction of sp³-hybridized carbons (Fsp3) is 0.462. The summed E-state index contributed by atoms with van der Waals surface area (Å²) in [5.41, 5.74) is 0.927. The molecule has 1 aliphatic carbocycles. The van der Waals surface area contributed by atoms with E-state index in [-0.39, 0.29) is 4.90 Å². The van der Waals surface area contributed by atoms with Crippen LogP contribution >= 0.6 is 0 Å². The number of sulfone groups is 1. The highest BCUT2D eigenvalue weighted by Gasteiger charge is 2.56. The summed E-state index contributed by atoms with van der Waals surface area (Å²) in [6.45, 7) is 0.682. The molecule has 3 rings (SSSR count). The summed E-state index contributed by atoms with van der Waals surface area (Å²) in [5.74, 6) is 0.766. The molecule has 1 aromatic rings. The number of nitrogens with zero attached hydrogens (tertiary/aromatic N) is 1. The summed E-state index contributed by atoms with van der Waals surface area (Å²) >= 11 is 0. The Morgan fingerprint density at radius 2 is 2.11 bits per heavy atom. The minimum absolute atomic E-state index is 0.255. The van der Waals surface area contributed by atoms with Gasteiger partial charge in [-0.05, 0) is 49.4 Å². The van der Waals surface area contributed by atoms with Gasteiger partial charge in [-0.25, -0.2) is 8.42 Å². The van der Waals surface area contributed by atoms with Gasteiger partial charge in [0.05, 0.1) is 17.6 Å². The van der Waals surface area contributed by atoms with Gasteiger partial charge in [-0.2, -0.15) is 5.26 Å². The van der Waals surface area contributed by atoms with Crippen LogP contribution in [0.1, 0.15) is 24.8 Å². The van der Waals surface area contributed by atoms with Crippen molar-refractivity contribution in [3.8, 4) is 11.8 Å². The number of ether oxygens (including phenoxy) is 1. The zero-order valence-electron chi connectivity index (χ0n) is 9.85. The quantitative estimate of drug-likeness (QED) is 0.816. The summed E-state index contributed by atoms with van der Waals surface area (Å²) in [7, 11) is -3.53. The minimum Gasteiger partial charge on any atom is -0.493 e. The van der Waals surface area contributed by atoms with Crippen molar-refractivity contribution < 1.29 is 13.2 Å². The lowest BCUT2D eigenvalue weighted by atomic mass is 10.1. The lowest BCUT2D eigenvalue weighted by Gasteiger charge is -2.18. The predicted octanol–water partition coefficient (Wildman–Crippen LogP) is 1.84. The largest absolute Gasteiger partial charge is 0.493 e. The molecule has 0 atom stereocenters. The van der Waals surface area contributed by atoms with Crippen molar-refractivity contribution in [2.75, 3.05) is 6.61 Å². The molecular formula is C13H13NO3S. The number of nitriles is 1. The van der Waals surface area contributed by atoms with Crippen molar-refractivity contribution in [2.45, 2.75) is 35.3 Å². The van der Waals surface area contributed by atoms with E-state index in [4.69, 9.17) is 10.00 Å². The molecule has 0 aromatic heterocycles. The molecule has 4 nitrogen and oxygen atoms in total. The molecule has 1 heterocycles. The smallest absolute Gasteiger partial charge is 0.197 e. The molecule has 18 heavy (non-hydrogen) atoms. The molecular weight excluding hydrogens is 250 g/mol. The highest BCUT2D eigenvalue weighted by Crippen LogP contribution is 2.46. The summed E-state index contributed by atoms with van der Waals surface area (Å²) in [6.07, 6.45) is 2.62. The van der Waals surface area contributed by atoms with Crippen LogP contribution in [0.25, 0.3) is 0 Å². The fourth-order valence-electron chi connectivity index (χ4n) is 2.28. The van der Waals surface area contributed by atoms with E-state index >= 15 is 0 Å². The molecule has 1 fully saturated rings. The summed E-state index contributed by atoms with van der Waals surface area (Å²) in [5, 5.41) is 9.04. The Morgan fingerprint density at radius 3 is 2.78 bits per heavy atom. The van der Waals surface area contributed by atoms with Gasteiger partial charge < -0.3 is 4.74 Å². The Hall–Kier alpha value is -1.54. The Labute approximate surface area is 106 Å². The van der Waals surface area contributed by atoms with Gasteiger partial charge in [0.2, 0.25) is 0 Å². The van der Waals surface area contributed by atoms with Gasteiger partial charge in [0, 0.05) is 0 Å². The van der Waals surface area contributed by atoms with Crippen molar-refractivity contribution in [2.24, 2.45) is 0 Å². The minimum atomic E-state index is -3.53. The summed E-state index contributed by atoms with van der Waals surface area (Å²) < 4.78 is 29.0. The number of fused-ring (bicyclic) bond motifs is 1. The van der Waals surface area contributed by atoms with E-state index in [9.17, 15) is 8.42 Å². The highest BCUT2D eigenvalue weighted by atomic mass is 32.2. The second kappa shape index (κ2) is 3.72. The summed E-state index contributed by atoms with van der Waals surface area (Å²) in [4.78, 5) is 0.255. The zero-order chi connectivity index (χ0) is 12.8. The Balaban J connectivity index is 2.06. The monoisotopic (exact) mass is 263 g/mol. The molecule has 94 valence electrons.